The predicted octanol–water partition coefficient (Wildman–Crippen LogP) is 2.12. The standard InChI is InChI=1S/C15H21N3OS/c1-18(2)15-17-10(7-20-15)6-16-14(19)13-11-8-3-4-9(5-8)12(11)13/h7-9,11-13H,3-6H2,1-2H3,(H,16,19)/t8-,9-,11+,12+/m0/s1. The molecule has 4 nitrogen and oxygen atoms in total. The summed E-state index contributed by atoms with van der Waals surface area (Å²) in [5.41, 5.74) is 0.973. The number of rotatable bonds is 4. The highest BCUT2D eigenvalue weighted by atomic mass is 32.1. The third-order valence-corrected chi connectivity index (χ3v) is 6.46. The van der Waals surface area contributed by atoms with Crippen LogP contribution in [0, 0.1) is 29.6 Å². The van der Waals surface area contributed by atoms with Gasteiger partial charge in [0.05, 0.1) is 12.2 Å². The molecule has 3 aliphatic carbocycles. The van der Waals surface area contributed by atoms with E-state index in [4.69, 9.17) is 0 Å². The minimum Gasteiger partial charge on any atom is -0.354 e. The van der Waals surface area contributed by atoms with E-state index >= 15 is 0 Å². The second-order valence-corrected chi connectivity index (χ2v) is 7.58. The van der Waals surface area contributed by atoms with Gasteiger partial charge < -0.3 is 10.2 Å². The summed E-state index contributed by atoms with van der Waals surface area (Å²) in [6, 6.07) is 0. The van der Waals surface area contributed by atoms with Gasteiger partial charge in [0.25, 0.3) is 0 Å². The third kappa shape index (κ3) is 1.86. The number of anilines is 1. The molecule has 1 amide bonds. The van der Waals surface area contributed by atoms with Crippen LogP contribution in [0.2, 0.25) is 0 Å². The van der Waals surface area contributed by atoms with Gasteiger partial charge in [-0.05, 0) is 42.9 Å². The molecular weight excluding hydrogens is 270 g/mol. The summed E-state index contributed by atoms with van der Waals surface area (Å²) in [5, 5.41) is 6.13. The largest absolute Gasteiger partial charge is 0.354 e. The predicted molar refractivity (Wildman–Crippen MR) is 79.6 cm³/mol. The van der Waals surface area contributed by atoms with Gasteiger partial charge in [-0.1, -0.05) is 0 Å². The van der Waals surface area contributed by atoms with Crippen molar-refractivity contribution in [1.82, 2.24) is 10.3 Å². The summed E-state index contributed by atoms with van der Waals surface area (Å²) in [5.74, 6) is 3.77. The Morgan fingerprint density at radius 3 is 2.70 bits per heavy atom. The molecular formula is C15H21N3OS. The molecule has 4 rings (SSSR count). The molecule has 1 aromatic rings. The van der Waals surface area contributed by atoms with Crippen molar-refractivity contribution in [1.29, 1.82) is 0 Å². The minimum absolute atomic E-state index is 0.274. The molecule has 20 heavy (non-hydrogen) atoms. The van der Waals surface area contributed by atoms with Crippen molar-refractivity contribution in [3.63, 3.8) is 0 Å². The van der Waals surface area contributed by atoms with E-state index in [1.54, 1.807) is 11.3 Å². The van der Waals surface area contributed by atoms with Crippen molar-refractivity contribution >= 4 is 22.4 Å². The molecule has 4 atom stereocenters. The number of hydrogen-bond donors (Lipinski definition) is 1. The lowest BCUT2D eigenvalue weighted by Gasteiger charge is -2.09. The lowest BCUT2D eigenvalue weighted by Crippen LogP contribution is -2.27. The number of amides is 1. The quantitative estimate of drug-likeness (QED) is 0.924. The molecule has 1 heterocycles. The van der Waals surface area contributed by atoms with E-state index in [0.717, 1.165) is 34.5 Å². The monoisotopic (exact) mass is 291 g/mol. The Hall–Kier alpha value is -1.10. The average molecular weight is 291 g/mol. The van der Waals surface area contributed by atoms with Gasteiger partial charge in [0.2, 0.25) is 5.91 Å². The first-order valence-corrected chi connectivity index (χ1v) is 8.42. The van der Waals surface area contributed by atoms with E-state index in [9.17, 15) is 4.79 Å². The summed E-state index contributed by atoms with van der Waals surface area (Å²) >= 11 is 1.62. The topological polar surface area (TPSA) is 45.2 Å². The molecule has 0 aromatic carbocycles. The Morgan fingerprint density at radius 2 is 2.10 bits per heavy atom. The molecule has 2 bridgehead atoms. The van der Waals surface area contributed by atoms with Gasteiger partial charge in [0, 0.05) is 25.4 Å². The maximum atomic E-state index is 12.3. The molecule has 5 heteroatoms. The van der Waals surface area contributed by atoms with Gasteiger partial charge in [-0.15, -0.1) is 11.3 Å². The van der Waals surface area contributed by atoms with Crippen LogP contribution in [0.1, 0.15) is 25.0 Å². The molecule has 108 valence electrons. The third-order valence-electron chi connectivity index (χ3n) is 5.40. The number of carbonyl (C=O) groups is 1. The smallest absolute Gasteiger partial charge is 0.224 e. The molecule has 3 saturated carbocycles. The Balaban J connectivity index is 1.33. The lowest BCUT2D eigenvalue weighted by molar-refractivity contribution is -0.123. The van der Waals surface area contributed by atoms with Crippen molar-refractivity contribution in [2.45, 2.75) is 25.8 Å². The number of carbonyl (C=O) groups excluding carboxylic acids is 1. The van der Waals surface area contributed by atoms with Crippen molar-refractivity contribution in [3.8, 4) is 0 Å². The van der Waals surface area contributed by atoms with Crippen LogP contribution in [0.15, 0.2) is 5.38 Å². The summed E-state index contributed by atoms with van der Waals surface area (Å²) < 4.78 is 0. The maximum Gasteiger partial charge on any atom is 0.224 e. The van der Waals surface area contributed by atoms with E-state index in [1.165, 1.54) is 19.3 Å². The minimum atomic E-state index is 0.274. The van der Waals surface area contributed by atoms with Crippen molar-refractivity contribution in [2.24, 2.45) is 29.6 Å². The number of nitrogens with zero attached hydrogens (tertiary/aromatic N) is 2. The second kappa shape index (κ2) is 4.45. The highest BCUT2D eigenvalue weighted by Crippen LogP contribution is 2.69. The molecule has 0 spiro atoms. The van der Waals surface area contributed by atoms with E-state index in [-0.39, 0.29) is 5.91 Å². The molecule has 3 fully saturated rings. The fourth-order valence-corrected chi connectivity index (χ4v) is 5.31. The Morgan fingerprint density at radius 1 is 1.40 bits per heavy atom. The van der Waals surface area contributed by atoms with Crippen LogP contribution in [0.3, 0.4) is 0 Å². The SMILES string of the molecule is CN(C)c1nc(CNC(=O)C2[C@@H]3[C@H]4CC[C@@H](C4)[C@@H]23)cs1. The van der Waals surface area contributed by atoms with Crippen LogP contribution in [0.4, 0.5) is 5.13 Å². The molecule has 3 aliphatic rings. The van der Waals surface area contributed by atoms with Crippen LogP contribution in [0.5, 0.6) is 0 Å². The van der Waals surface area contributed by atoms with Crippen molar-refractivity contribution < 1.29 is 4.79 Å². The zero-order valence-electron chi connectivity index (χ0n) is 12.0. The van der Waals surface area contributed by atoms with Crippen molar-refractivity contribution in [2.75, 3.05) is 19.0 Å². The Bertz CT molecular complexity index is 525. The van der Waals surface area contributed by atoms with Gasteiger partial charge in [0.1, 0.15) is 0 Å². The van der Waals surface area contributed by atoms with E-state index in [2.05, 4.69) is 10.3 Å². The lowest BCUT2D eigenvalue weighted by atomic mass is 10.0. The van der Waals surface area contributed by atoms with Gasteiger partial charge in [-0.3, -0.25) is 4.79 Å². The van der Waals surface area contributed by atoms with Crippen LogP contribution < -0.4 is 10.2 Å². The van der Waals surface area contributed by atoms with Gasteiger partial charge in [-0.2, -0.15) is 0 Å². The van der Waals surface area contributed by atoms with E-state index in [1.807, 2.05) is 24.4 Å². The van der Waals surface area contributed by atoms with Gasteiger partial charge in [0.15, 0.2) is 5.13 Å². The number of aromatic nitrogens is 1. The average Bonchev–Trinajstić information content (AvgIpc) is 2.84. The second-order valence-electron chi connectivity index (χ2n) is 6.75. The van der Waals surface area contributed by atoms with Crippen LogP contribution >= 0.6 is 11.3 Å². The Labute approximate surface area is 123 Å². The summed E-state index contributed by atoms with van der Waals surface area (Å²) in [7, 11) is 3.98. The summed E-state index contributed by atoms with van der Waals surface area (Å²) in [6.07, 6.45) is 4.14. The van der Waals surface area contributed by atoms with E-state index in [0.29, 0.717) is 12.5 Å². The Kier molecular flexibility index (Phi) is 2.81. The molecule has 0 saturated heterocycles. The number of fused-ring (bicyclic) bond motifs is 5. The molecule has 0 unspecified atom stereocenters. The van der Waals surface area contributed by atoms with Crippen LogP contribution in [-0.4, -0.2) is 25.0 Å². The number of hydrogen-bond acceptors (Lipinski definition) is 4. The first-order valence-electron chi connectivity index (χ1n) is 7.54. The highest BCUT2D eigenvalue weighted by molar-refractivity contribution is 7.13. The van der Waals surface area contributed by atoms with Crippen LogP contribution in [-0.2, 0) is 11.3 Å². The molecule has 0 aliphatic heterocycles. The van der Waals surface area contributed by atoms with Crippen LogP contribution in [0.25, 0.3) is 0 Å². The molecule has 0 radical (unpaired) electrons. The fraction of sp³-hybridized carbons (Fsp3) is 0.733. The number of thiazole rings is 1. The van der Waals surface area contributed by atoms with Crippen molar-refractivity contribution in [3.05, 3.63) is 11.1 Å². The normalized spacial score (nSPS) is 36.8. The van der Waals surface area contributed by atoms with E-state index < -0.39 is 0 Å². The first-order chi connectivity index (χ1) is 9.65. The van der Waals surface area contributed by atoms with Gasteiger partial charge >= 0.3 is 0 Å². The molecule has 1 N–H and O–H groups in total. The summed E-state index contributed by atoms with van der Waals surface area (Å²) in [4.78, 5) is 18.8. The highest BCUT2D eigenvalue weighted by Gasteiger charge is 2.67. The van der Waals surface area contributed by atoms with Gasteiger partial charge in [-0.25, -0.2) is 4.98 Å². The molecule has 1 aromatic heterocycles. The zero-order valence-corrected chi connectivity index (χ0v) is 12.8. The zero-order chi connectivity index (χ0) is 13.9. The number of nitrogens with one attached hydrogen (secondary N) is 1. The summed E-state index contributed by atoms with van der Waals surface area (Å²) in [6.45, 7) is 0.578. The maximum absolute atomic E-state index is 12.3. The fourth-order valence-electron chi connectivity index (χ4n) is 4.55. The first kappa shape index (κ1) is 12.6.